The molecule has 2 aromatic rings. The molecule has 0 aliphatic heterocycles. The fourth-order valence-corrected chi connectivity index (χ4v) is 1.68. The van der Waals surface area contributed by atoms with Gasteiger partial charge in [0.15, 0.2) is 5.82 Å². The van der Waals surface area contributed by atoms with Crippen LogP contribution in [0.15, 0.2) is 17.3 Å². The Morgan fingerprint density at radius 1 is 1.28 bits per heavy atom. The lowest BCUT2D eigenvalue weighted by Crippen LogP contribution is -2.25. The molecule has 2 N–H and O–H groups in total. The first-order valence-corrected chi connectivity index (χ1v) is 5.23. The Kier molecular flexibility index (Phi) is 3.12. The van der Waals surface area contributed by atoms with Crippen LogP contribution >= 0.6 is 23.2 Å². The van der Waals surface area contributed by atoms with Gasteiger partial charge in [0, 0.05) is 0 Å². The third-order valence-electron chi connectivity index (χ3n) is 2.12. The minimum Gasteiger partial charge on any atom is -0.410 e. The zero-order valence-corrected chi connectivity index (χ0v) is 9.90. The summed E-state index contributed by atoms with van der Waals surface area (Å²) in [6.45, 7) is 0. The first-order valence-electron chi connectivity index (χ1n) is 4.47. The van der Waals surface area contributed by atoms with Crippen molar-refractivity contribution in [3.63, 3.8) is 0 Å². The van der Waals surface area contributed by atoms with Crippen molar-refractivity contribution < 1.29 is 18.4 Å². The molecule has 0 radical (unpaired) electrons. The highest BCUT2D eigenvalue weighted by atomic mass is 35.5. The minimum atomic E-state index is -4.82. The first kappa shape index (κ1) is 13.0. The molecule has 96 valence electrons. The predicted molar refractivity (Wildman–Crippen MR) is 60.5 cm³/mol. The number of aromatic nitrogens is 2. The molecule has 0 saturated heterocycles. The van der Waals surface area contributed by atoms with Crippen molar-refractivity contribution in [3.05, 3.63) is 28.0 Å². The van der Waals surface area contributed by atoms with Gasteiger partial charge in [0.1, 0.15) is 0 Å². The number of H-pyrrole nitrogens is 1. The van der Waals surface area contributed by atoms with Crippen LogP contribution in [0.4, 0.5) is 13.2 Å². The fourth-order valence-electron chi connectivity index (χ4n) is 1.36. The molecule has 1 heterocycles. The van der Waals surface area contributed by atoms with Crippen LogP contribution in [0.25, 0.3) is 11.0 Å². The Balaban J connectivity index is 2.61. The quantitative estimate of drug-likeness (QED) is 0.480. The van der Waals surface area contributed by atoms with Crippen LogP contribution in [0.1, 0.15) is 5.82 Å². The van der Waals surface area contributed by atoms with Crippen LogP contribution in [-0.4, -0.2) is 27.1 Å². The second-order valence-corrected chi connectivity index (χ2v) is 4.13. The van der Waals surface area contributed by atoms with Crippen molar-refractivity contribution in [1.29, 1.82) is 0 Å². The van der Waals surface area contributed by atoms with Crippen molar-refractivity contribution in [2.75, 3.05) is 0 Å². The highest BCUT2D eigenvalue weighted by Crippen LogP contribution is 2.28. The predicted octanol–water partition coefficient (Wildman–Crippen LogP) is 3.61. The van der Waals surface area contributed by atoms with Crippen molar-refractivity contribution >= 4 is 39.9 Å². The molecule has 0 amide bonds. The largest absolute Gasteiger partial charge is 0.440 e. The Hall–Kier alpha value is -1.47. The summed E-state index contributed by atoms with van der Waals surface area (Å²) >= 11 is 11.4. The number of nitrogens with zero attached hydrogens (tertiary/aromatic N) is 2. The average molecular weight is 298 g/mol. The molecule has 0 spiro atoms. The molecular formula is C9H4Cl2F3N3O. The molecule has 9 heteroatoms. The Bertz CT molecular complexity index is 597. The SMILES string of the molecule is O/N=C(/c1nc2cc(Cl)c(Cl)cc2[nH]1)C(F)(F)F. The molecule has 1 aromatic carbocycles. The van der Waals surface area contributed by atoms with E-state index >= 15 is 0 Å². The maximum absolute atomic E-state index is 12.5. The molecular weight excluding hydrogens is 294 g/mol. The standard InChI is InChI=1S/C9H4Cl2F3N3O/c10-3-1-5-6(2-4(3)11)16-8(15-5)7(17-18)9(12,13)14/h1-2,18H,(H,15,16)/b17-7-. The van der Waals surface area contributed by atoms with E-state index in [0.717, 1.165) is 0 Å². The van der Waals surface area contributed by atoms with Gasteiger partial charge in [-0.2, -0.15) is 13.2 Å². The third-order valence-corrected chi connectivity index (χ3v) is 2.84. The number of oxime groups is 1. The summed E-state index contributed by atoms with van der Waals surface area (Å²) in [5.41, 5.74) is -1.08. The van der Waals surface area contributed by atoms with Gasteiger partial charge in [-0.15, -0.1) is 0 Å². The Morgan fingerprint density at radius 2 is 1.89 bits per heavy atom. The van der Waals surface area contributed by atoms with E-state index in [4.69, 9.17) is 28.4 Å². The van der Waals surface area contributed by atoms with E-state index in [1.54, 1.807) is 0 Å². The maximum Gasteiger partial charge on any atom is 0.440 e. The number of halogens is 5. The van der Waals surface area contributed by atoms with Crippen molar-refractivity contribution in [3.8, 4) is 0 Å². The van der Waals surface area contributed by atoms with Gasteiger partial charge >= 0.3 is 6.18 Å². The second kappa shape index (κ2) is 4.33. The van der Waals surface area contributed by atoms with E-state index in [-0.39, 0.29) is 21.1 Å². The lowest BCUT2D eigenvalue weighted by Gasteiger charge is -2.04. The topological polar surface area (TPSA) is 61.3 Å². The van der Waals surface area contributed by atoms with Crippen LogP contribution in [0.5, 0.6) is 0 Å². The lowest BCUT2D eigenvalue weighted by atomic mass is 10.3. The van der Waals surface area contributed by atoms with E-state index in [2.05, 4.69) is 15.1 Å². The minimum absolute atomic E-state index is 0.164. The van der Waals surface area contributed by atoms with Gasteiger partial charge in [0.25, 0.3) is 0 Å². The summed E-state index contributed by atoms with van der Waals surface area (Å²) < 4.78 is 37.5. The highest BCUT2D eigenvalue weighted by Gasteiger charge is 2.39. The van der Waals surface area contributed by atoms with E-state index in [9.17, 15) is 13.2 Å². The van der Waals surface area contributed by atoms with Gasteiger partial charge in [-0.05, 0) is 12.1 Å². The zero-order valence-electron chi connectivity index (χ0n) is 8.39. The van der Waals surface area contributed by atoms with Crippen LogP contribution in [0.2, 0.25) is 10.0 Å². The van der Waals surface area contributed by atoms with E-state index < -0.39 is 17.7 Å². The van der Waals surface area contributed by atoms with E-state index in [1.165, 1.54) is 12.1 Å². The Labute approximate surface area is 108 Å². The number of nitrogens with one attached hydrogen (secondary N) is 1. The summed E-state index contributed by atoms with van der Waals surface area (Å²) in [5.74, 6) is -0.613. The number of aromatic amines is 1. The Morgan fingerprint density at radius 3 is 2.44 bits per heavy atom. The molecule has 0 bridgehead atoms. The smallest absolute Gasteiger partial charge is 0.410 e. The van der Waals surface area contributed by atoms with Crippen LogP contribution in [-0.2, 0) is 0 Å². The van der Waals surface area contributed by atoms with Crippen molar-refractivity contribution in [1.82, 2.24) is 9.97 Å². The summed E-state index contributed by atoms with van der Waals surface area (Å²) in [6.07, 6.45) is -4.82. The van der Waals surface area contributed by atoms with Gasteiger partial charge in [-0.3, -0.25) is 0 Å². The number of hydrogen-bond donors (Lipinski definition) is 2. The zero-order chi connectivity index (χ0) is 13.5. The van der Waals surface area contributed by atoms with Crippen LogP contribution in [0.3, 0.4) is 0 Å². The molecule has 1 aromatic heterocycles. The number of fused-ring (bicyclic) bond motifs is 1. The number of alkyl halides is 3. The molecule has 0 fully saturated rings. The van der Waals surface area contributed by atoms with Crippen LogP contribution < -0.4 is 0 Å². The average Bonchev–Trinajstić information content (AvgIpc) is 2.60. The van der Waals surface area contributed by atoms with Gasteiger partial charge < -0.3 is 10.2 Å². The van der Waals surface area contributed by atoms with Gasteiger partial charge in [-0.25, -0.2) is 4.98 Å². The van der Waals surface area contributed by atoms with Crippen molar-refractivity contribution in [2.45, 2.75) is 6.18 Å². The second-order valence-electron chi connectivity index (χ2n) is 3.32. The number of benzene rings is 1. The molecule has 4 nitrogen and oxygen atoms in total. The summed E-state index contributed by atoms with van der Waals surface area (Å²) in [7, 11) is 0. The van der Waals surface area contributed by atoms with E-state index in [1.807, 2.05) is 0 Å². The summed E-state index contributed by atoms with van der Waals surface area (Å²) in [6, 6.07) is 2.64. The van der Waals surface area contributed by atoms with Gasteiger partial charge in [0.2, 0.25) is 5.71 Å². The maximum atomic E-state index is 12.5. The lowest BCUT2D eigenvalue weighted by molar-refractivity contribution is -0.0604. The molecule has 0 aliphatic rings. The number of hydrogen-bond acceptors (Lipinski definition) is 3. The molecule has 0 atom stereocenters. The first-order chi connectivity index (χ1) is 8.32. The summed E-state index contributed by atoms with van der Waals surface area (Å²) in [5, 5.41) is 10.9. The van der Waals surface area contributed by atoms with E-state index in [0.29, 0.717) is 0 Å². The molecule has 2 rings (SSSR count). The molecule has 18 heavy (non-hydrogen) atoms. The molecule has 0 unspecified atom stereocenters. The normalized spacial score (nSPS) is 13.3. The highest BCUT2D eigenvalue weighted by molar-refractivity contribution is 6.42. The number of rotatable bonds is 1. The third kappa shape index (κ3) is 2.23. The van der Waals surface area contributed by atoms with Crippen molar-refractivity contribution in [2.24, 2.45) is 5.16 Å². The fraction of sp³-hybridized carbons (Fsp3) is 0.111. The molecule has 0 saturated carbocycles. The monoisotopic (exact) mass is 297 g/mol. The van der Waals surface area contributed by atoms with Gasteiger partial charge in [0.05, 0.1) is 21.1 Å². The molecule has 0 aliphatic carbocycles. The van der Waals surface area contributed by atoms with Crippen LogP contribution in [0, 0.1) is 0 Å². The van der Waals surface area contributed by atoms with Gasteiger partial charge in [-0.1, -0.05) is 28.4 Å². The number of imidazole rings is 1. The summed E-state index contributed by atoms with van der Waals surface area (Å²) in [4.78, 5) is 6.00.